The molecule has 0 spiro atoms. The summed E-state index contributed by atoms with van der Waals surface area (Å²) in [5, 5.41) is 9.89. The van der Waals surface area contributed by atoms with Crippen molar-refractivity contribution in [3.05, 3.63) is 83.6 Å². The number of hydrogen-bond donors (Lipinski definition) is 2. The number of pyridine rings is 1. The van der Waals surface area contributed by atoms with E-state index in [0.29, 0.717) is 28.0 Å². The van der Waals surface area contributed by atoms with Gasteiger partial charge in [0.15, 0.2) is 5.82 Å². The molecule has 0 fully saturated rings. The van der Waals surface area contributed by atoms with Gasteiger partial charge in [0.05, 0.1) is 18.4 Å². The Morgan fingerprint density at radius 3 is 2.80 bits per heavy atom. The third kappa shape index (κ3) is 3.88. The molecule has 0 bridgehead atoms. The quantitative estimate of drug-likeness (QED) is 0.475. The van der Waals surface area contributed by atoms with Crippen molar-refractivity contribution in [3.63, 3.8) is 0 Å². The molecule has 0 aliphatic heterocycles. The fourth-order valence-corrected chi connectivity index (χ4v) is 3.38. The predicted molar refractivity (Wildman–Crippen MR) is 109 cm³/mol. The summed E-state index contributed by atoms with van der Waals surface area (Å²) >= 11 is 0. The molecule has 0 amide bonds. The molecule has 0 unspecified atom stereocenters. The molecule has 4 aromatic rings. The van der Waals surface area contributed by atoms with E-state index in [1.807, 2.05) is 6.07 Å². The van der Waals surface area contributed by atoms with Crippen molar-refractivity contribution < 1.29 is 23.4 Å². The van der Waals surface area contributed by atoms with Crippen LogP contribution in [0.25, 0.3) is 22.1 Å². The van der Waals surface area contributed by atoms with Crippen molar-refractivity contribution in [2.24, 2.45) is 5.73 Å². The second kappa shape index (κ2) is 8.34. The van der Waals surface area contributed by atoms with Crippen LogP contribution in [0.15, 0.2) is 65.4 Å². The maximum absolute atomic E-state index is 14.9. The van der Waals surface area contributed by atoms with E-state index in [4.69, 9.17) is 20.0 Å². The van der Waals surface area contributed by atoms with Crippen LogP contribution >= 0.6 is 0 Å². The number of benzene rings is 2. The Hall–Kier alpha value is -3.71. The van der Waals surface area contributed by atoms with Gasteiger partial charge in [0.1, 0.15) is 17.9 Å². The predicted octanol–water partition coefficient (Wildman–Crippen LogP) is 4.30. The summed E-state index contributed by atoms with van der Waals surface area (Å²) in [7, 11) is 0. The van der Waals surface area contributed by atoms with Crippen LogP contribution in [0.3, 0.4) is 0 Å². The zero-order valence-electron chi connectivity index (χ0n) is 16.0. The zero-order valence-corrected chi connectivity index (χ0v) is 16.0. The highest BCUT2D eigenvalue weighted by molar-refractivity contribution is 5.93. The van der Waals surface area contributed by atoms with Gasteiger partial charge in [0, 0.05) is 34.8 Å². The summed E-state index contributed by atoms with van der Waals surface area (Å²) < 4.78 is 26.4. The molecule has 30 heavy (non-hydrogen) atoms. The smallest absolute Gasteiger partial charge is 0.307 e. The van der Waals surface area contributed by atoms with Crippen LogP contribution in [0.2, 0.25) is 0 Å². The van der Waals surface area contributed by atoms with Crippen LogP contribution in [0.1, 0.15) is 16.8 Å². The summed E-state index contributed by atoms with van der Waals surface area (Å²) in [5.41, 5.74) is 8.62. The molecule has 3 N–H and O–H groups in total. The van der Waals surface area contributed by atoms with E-state index in [-0.39, 0.29) is 25.3 Å². The van der Waals surface area contributed by atoms with Gasteiger partial charge in [-0.3, -0.25) is 9.78 Å². The van der Waals surface area contributed by atoms with E-state index < -0.39 is 11.8 Å². The largest absolute Gasteiger partial charge is 0.489 e. The van der Waals surface area contributed by atoms with Crippen molar-refractivity contribution in [1.29, 1.82) is 0 Å². The normalized spacial score (nSPS) is 11.0. The summed E-state index contributed by atoms with van der Waals surface area (Å²) in [6.45, 7) is 0.172. The van der Waals surface area contributed by atoms with Crippen molar-refractivity contribution in [3.8, 4) is 16.9 Å². The second-order valence-corrected chi connectivity index (χ2v) is 6.77. The summed E-state index contributed by atoms with van der Waals surface area (Å²) in [4.78, 5) is 15.1. The molecular weight excluding hydrogens is 387 g/mol. The number of carboxylic acids is 1. The highest BCUT2D eigenvalue weighted by Gasteiger charge is 2.16. The molecule has 2 aromatic carbocycles. The van der Waals surface area contributed by atoms with Gasteiger partial charge in [0.2, 0.25) is 0 Å². The molecule has 6 nitrogen and oxygen atoms in total. The van der Waals surface area contributed by atoms with Crippen molar-refractivity contribution in [2.45, 2.75) is 19.6 Å². The second-order valence-electron chi connectivity index (χ2n) is 6.77. The van der Waals surface area contributed by atoms with E-state index in [9.17, 15) is 9.18 Å². The minimum Gasteiger partial charge on any atom is -0.489 e. The first-order chi connectivity index (χ1) is 14.6. The maximum atomic E-state index is 14.9. The summed E-state index contributed by atoms with van der Waals surface area (Å²) in [6, 6.07) is 14.1. The third-order valence-corrected chi connectivity index (χ3v) is 4.76. The van der Waals surface area contributed by atoms with E-state index in [0.717, 1.165) is 10.9 Å². The number of para-hydroxylation sites is 1. The van der Waals surface area contributed by atoms with Gasteiger partial charge in [-0.25, -0.2) is 4.39 Å². The van der Waals surface area contributed by atoms with Gasteiger partial charge < -0.3 is 20.0 Å². The number of halogens is 1. The fourth-order valence-electron chi connectivity index (χ4n) is 3.38. The van der Waals surface area contributed by atoms with Crippen LogP contribution in [0, 0.1) is 5.82 Å². The average molecular weight is 406 g/mol. The molecule has 4 rings (SSSR count). The number of rotatable bonds is 7. The molecular formula is C23H19FN2O4. The van der Waals surface area contributed by atoms with E-state index in [1.54, 1.807) is 48.7 Å². The van der Waals surface area contributed by atoms with Crippen LogP contribution in [-0.2, 0) is 24.4 Å². The van der Waals surface area contributed by atoms with Crippen molar-refractivity contribution in [1.82, 2.24) is 4.98 Å². The van der Waals surface area contributed by atoms with Crippen molar-refractivity contribution in [2.75, 3.05) is 0 Å². The van der Waals surface area contributed by atoms with Gasteiger partial charge in [-0.15, -0.1) is 0 Å². The van der Waals surface area contributed by atoms with Gasteiger partial charge in [-0.1, -0.05) is 18.2 Å². The Labute approximate surface area is 171 Å². The molecule has 0 radical (unpaired) electrons. The lowest BCUT2D eigenvalue weighted by molar-refractivity contribution is -0.136. The molecule has 0 atom stereocenters. The van der Waals surface area contributed by atoms with E-state index in [1.165, 1.54) is 6.20 Å². The number of aromatic nitrogens is 1. The number of hydrogen-bond acceptors (Lipinski definition) is 5. The molecule has 7 heteroatoms. The molecule has 0 aliphatic carbocycles. The average Bonchev–Trinajstić information content (AvgIpc) is 3.21. The van der Waals surface area contributed by atoms with E-state index >= 15 is 0 Å². The number of ether oxygens (including phenoxy) is 1. The minimum absolute atomic E-state index is 0.00979. The van der Waals surface area contributed by atoms with E-state index in [2.05, 4.69) is 4.98 Å². The topological polar surface area (TPSA) is 98.6 Å². The highest BCUT2D eigenvalue weighted by Crippen LogP contribution is 2.33. The summed E-state index contributed by atoms with van der Waals surface area (Å²) in [6.07, 6.45) is 2.93. The first-order valence-corrected chi connectivity index (χ1v) is 9.33. The number of nitrogens with zero attached hydrogens (tertiary/aromatic N) is 1. The van der Waals surface area contributed by atoms with Gasteiger partial charge >= 0.3 is 5.97 Å². The molecule has 2 aromatic heterocycles. The Kier molecular flexibility index (Phi) is 5.45. The molecule has 152 valence electrons. The van der Waals surface area contributed by atoms with Crippen LogP contribution < -0.4 is 10.5 Å². The summed E-state index contributed by atoms with van der Waals surface area (Å²) in [5.74, 6) is -0.922. The Morgan fingerprint density at radius 2 is 2.00 bits per heavy atom. The number of furan rings is 1. The first-order valence-electron chi connectivity index (χ1n) is 9.33. The molecule has 0 saturated heterocycles. The minimum atomic E-state index is -0.933. The Bertz CT molecular complexity index is 1220. The lowest BCUT2D eigenvalue weighted by Gasteiger charge is -2.12. The molecule has 0 saturated carbocycles. The van der Waals surface area contributed by atoms with Crippen LogP contribution in [-0.4, -0.2) is 16.1 Å². The number of nitrogens with two attached hydrogens (primary N) is 1. The van der Waals surface area contributed by atoms with Crippen LogP contribution in [0.4, 0.5) is 4.39 Å². The fraction of sp³-hybridized carbons (Fsp3) is 0.130. The van der Waals surface area contributed by atoms with Crippen LogP contribution in [0.5, 0.6) is 5.75 Å². The highest BCUT2D eigenvalue weighted by atomic mass is 19.1. The standard InChI is InChI=1S/C23H19FN2O4/c24-22-17(5-7-26-19(22)12-25)18-10-14(9-16-6-8-29-23(16)18)13-30-20-4-2-1-3-15(20)11-21(27)28/h1-10H,11-13,25H2,(H,27,28). The Morgan fingerprint density at radius 1 is 1.17 bits per heavy atom. The first kappa shape index (κ1) is 19.6. The lowest BCUT2D eigenvalue weighted by Crippen LogP contribution is -2.05. The molecule has 0 aliphatic rings. The van der Waals surface area contributed by atoms with Gasteiger partial charge in [0.25, 0.3) is 0 Å². The third-order valence-electron chi connectivity index (χ3n) is 4.76. The zero-order chi connectivity index (χ0) is 21.1. The van der Waals surface area contributed by atoms with Gasteiger partial charge in [-0.05, 0) is 35.9 Å². The van der Waals surface area contributed by atoms with Gasteiger partial charge in [-0.2, -0.15) is 0 Å². The number of fused-ring (bicyclic) bond motifs is 1. The number of aliphatic carboxylic acids is 1. The number of carbonyl (C=O) groups is 1. The molecule has 2 heterocycles. The SMILES string of the molecule is NCc1nccc(-c2cc(COc3ccccc3CC(=O)O)cc3ccoc23)c1F. The lowest BCUT2D eigenvalue weighted by atomic mass is 10.00. The number of carboxylic acid groups (broad SMARTS) is 1. The van der Waals surface area contributed by atoms with Crippen molar-refractivity contribution >= 4 is 16.9 Å². The maximum Gasteiger partial charge on any atom is 0.307 e. The Balaban J connectivity index is 1.70. The monoisotopic (exact) mass is 406 g/mol.